The number of hydrogen-bond donors (Lipinski definition) is 1. The first-order chi connectivity index (χ1) is 10.4. The second kappa shape index (κ2) is 7.98. The van der Waals surface area contributed by atoms with Gasteiger partial charge in [-0.3, -0.25) is 0 Å². The van der Waals surface area contributed by atoms with E-state index >= 15 is 0 Å². The fourth-order valence-electron chi connectivity index (χ4n) is 2.91. The summed E-state index contributed by atoms with van der Waals surface area (Å²) in [5.41, 5.74) is 1.45. The molecule has 1 fully saturated rings. The molecule has 1 heterocycles. The number of rotatable bonds is 5. The first-order valence-corrected chi connectivity index (χ1v) is 8.59. The van der Waals surface area contributed by atoms with Crippen LogP contribution in [0.25, 0.3) is 0 Å². The Hall–Kier alpha value is -1.06. The number of aliphatic hydroxyl groups excluding tert-OH is 1. The molecular weight excluding hydrogens is 274 g/mol. The van der Waals surface area contributed by atoms with Gasteiger partial charge in [-0.05, 0) is 49.0 Å². The summed E-state index contributed by atoms with van der Waals surface area (Å²) in [6, 6.07) is 8.21. The topological polar surface area (TPSA) is 32.7 Å². The summed E-state index contributed by atoms with van der Waals surface area (Å²) in [6.45, 7) is 9.91. The van der Waals surface area contributed by atoms with Gasteiger partial charge in [0.25, 0.3) is 0 Å². The molecule has 0 radical (unpaired) electrons. The van der Waals surface area contributed by atoms with Crippen molar-refractivity contribution in [3.8, 4) is 5.75 Å². The fraction of sp³-hybridized carbons (Fsp3) is 0.684. The molecule has 2 rings (SSSR count). The van der Waals surface area contributed by atoms with Gasteiger partial charge in [0.15, 0.2) is 0 Å². The van der Waals surface area contributed by atoms with Gasteiger partial charge in [0.1, 0.15) is 18.5 Å². The molecule has 3 heteroatoms. The lowest BCUT2D eigenvalue weighted by Gasteiger charge is -2.23. The molecule has 1 aliphatic rings. The van der Waals surface area contributed by atoms with E-state index < -0.39 is 6.10 Å². The Morgan fingerprint density at radius 2 is 1.64 bits per heavy atom. The van der Waals surface area contributed by atoms with E-state index in [1.807, 2.05) is 12.1 Å². The summed E-state index contributed by atoms with van der Waals surface area (Å²) < 4.78 is 5.73. The van der Waals surface area contributed by atoms with E-state index in [9.17, 15) is 5.11 Å². The van der Waals surface area contributed by atoms with Crippen molar-refractivity contribution in [2.45, 2.75) is 58.0 Å². The SMILES string of the molecule is CC(C)(C)c1ccc(OC[C@H](O)CN2CCCCCC2)cc1. The largest absolute Gasteiger partial charge is 0.491 e. The van der Waals surface area contributed by atoms with Gasteiger partial charge in [0, 0.05) is 6.54 Å². The smallest absolute Gasteiger partial charge is 0.119 e. The van der Waals surface area contributed by atoms with Crippen molar-refractivity contribution in [2.24, 2.45) is 0 Å². The first-order valence-electron chi connectivity index (χ1n) is 8.59. The van der Waals surface area contributed by atoms with Crippen molar-refractivity contribution >= 4 is 0 Å². The number of likely N-dealkylation sites (tertiary alicyclic amines) is 1. The zero-order valence-corrected chi connectivity index (χ0v) is 14.3. The monoisotopic (exact) mass is 305 g/mol. The molecule has 1 atom stereocenters. The normalized spacial score (nSPS) is 18.7. The van der Waals surface area contributed by atoms with Gasteiger partial charge in [0.2, 0.25) is 0 Å². The van der Waals surface area contributed by atoms with Gasteiger partial charge >= 0.3 is 0 Å². The summed E-state index contributed by atoms with van der Waals surface area (Å²) >= 11 is 0. The number of aliphatic hydroxyl groups is 1. The highest BCUT2D eigenvalue weighted by Crippen LogP contribution is 2.24. The van der Waals surface area contributed by atoms with Crippen LogP contribution in [0.5, 0.6) is 5.75 Å². The predicted molar refractivity (Wildman–Crippen MR) is 91.6 cm³/mol. The maximum Gasteiger partial charge on any atom is 0.119 e. The van der Waals surface area contributed by atoms with Crippen LogP contribution in [-0.2, 0) is 5.41 Å². The van der Waals surface area contributed by atoms with Crippen molar-refractivity contribution in [3.63, 3.8) is 0 Å². The molecule has 0 unspecified atom stereocenters. The minimum absolute atomic E-state index is 0.158. The molecule has 0 aromatic heterocycles. The highest BCUT2D eigenvalue weighted by Gasteiger charge is 2.15. The van der Waals surface area contributed by atoms with E-state index in [0.29, 0.717) is 6.61 Å². The Labute approximate surface area is 135 Å². The molecule has 1 aliphatic heterocycles. The van der Waals surface area contributed by atoms with Crippen LogP contribution in [0.3, 0.4) is 0 Å². The Balaban J connectivity index is 1.77. The second-order valence-electron chi connectivity index (χ2n) is 7.45. The van der Waals surface area contributed by atoms with E-state index in [-0.39, 0.29) is 5.41 Å². The quantitative estimate of drug-likeness (QED) is 0.902. The second-order valence-corrected chi connectivity index (χ2v) is 7.45. The number of benzene rings is 1. The highest BCUT2D eigenvalue weighted by atomic mass is 16.5. The third kappa shape index (κ3) is 5.62. The van der Waals surface area contributed by atoms with Crippen LogP contribution >= 0.6 is 0 Å². The molecule has 124 valence electrons. The van der Waals surface area contributed by atoms with Crippen LogP contribution in [0.15, 0.2) is 24.3 Å². The van der Waals surface area contributed by atoms with Gasteiger partial charge < -0.3 is 14.7 Å². The molecule has 3 nitrogen and oxygen atoms in total. The van der Waals surface area contributed by atoms with Gasteiger partial charge in [-0.2, -0.15) is 0 Å². The van der Waals surface area contributed by atoms with Crippen molar-refractivity contribution in [3.05, 3.63) is 29.8 Å². The maximum atomic E-state index is 10.2. The Bertz CT molecular complexity index is 428. The molecule has 1 N–H and O–H groups in total. The summed E-state index contributed by atoms with van der Waals surface area (Å²) in [5, 5.41) is 10.2. The lowest BCUT2D eigenvalue weighted by Crippen LogP contribution is -2.36. The van der Waals surface area contributed by atoms with Crippen molar-refractivity contribution < 1.29 is 9.84 Å². The summed E-state index contributed by atoms with van der Waals surface area (Å²) in [7, 11) is 0. The van der Waals surface area contributed by atoms with Gasteiger partial charge in [-0.15, -0.1) is 0 Å². The zero-order chi connectivity index (χ0) is 16.0. The number of β-amino-alcohol motifs (C(OH)–C–C–N with tert-alkyl or cyclic N) is 1. The van der Waals surface area contributed by atoms with Crippen molar-refractivity contribution in [1.29, 1.82) is 0 Å². The fourth-order valence-corrected chi connectivity index (χ4v) is 2.91. The zero-order valence-electron chi connectivity index (χ0n) is 14.3. The van der Waals surface area contributed by atoms with E-state index in [2.05, 4.69) is 37.8 Å². The summed E-state index contributed by atoms with van der Waals surface area (Å²) in [4.78, 5) is 2.36. The summed E-state index contributed by atoms with van der Waals surface area (Å²) in [6.07, 6.45) is 4.73. The minimum Gasteiger partial charge on any atom is -0.491 e. The van der Waals surface area contributed by atoms with Crippen molar-refractivity contribution in [2.75, 3.05) is 26.2 Å². The van der Waals surface area contributed by atoms with Crippen LogP contribution in [0.2, 0.25) is 0 Å². The first kappa shape index (κ1) is 17.3. The van der Waals surface area contributed by atoms with Crippen LogP contribution in [0.4, 0.5) is 0 Å². The Morgan fingerprint density at radius 1 is 1.05 bits per heavy atom. The molecule has 0 aliphatic carbocycles. The molecule has 22 heavy (non-hydrogen) atoms. The molecule has 0 amide bonds. The number of hydrogen-bond acceptors (Lipinski definition) is 3. The van der Waals surface area contributed by atoms with E-state index in [0.717, 1.165) is 25.4 Å². The third-order valence-corrected chi connectivity index (χ3v) is 4.33. The number of nitrogens with zero attached hydrogens (tertiary/aromatic N) is 1. The third-order valence-electron chi connectivity index (χ3n) is 4.33. The van der Waals surface area contributed by atoms with E-state index in [1.54, 1.807) is 0 Å². The van der Waals surface area contributed by atoms with Gasteiger partial charge in [0.05, 0.1) is 0 Å². The minimum atomic E-state index is -0.416. The predicted octanol–water partition coefficient (Wildman–Crippen LogP) is 3.60. The van der Waals surface area contributed by atoms with Crippen molar-refractivity contribution in [1.82, 2.24) is 4.90 Å². The molecule has 0 saturated carbocycles. The average Bonchev–Trinajstić information content (AvgIpc) is 2.73. The highest BCUT2D eigenvalue weighted by molar-refractivity contribution is 5.31. The average molecular weight is 305 g/mol. The molecule has 0 bridgehead atoms. The molecular formula is C19H31NO2. The van der Waals surface area contributed by atoms with E-state index in [4.69, 9.17) is 4.74 Å². The molecule has 1 aromatic rings. The molecule has 0 spiro atoms. The van der Waals surface area contributed by atoms with Gasteiger partial charge in [-0.1, -0.05) is 45.7 Å². The van der Waals surface area contributed by atoms with Crippen LogP contribution in [0.1, 0.15) is 52.0 Å². The lowest BCUT2D eigenvalue weighted by molar-refractivity contribution is 0.0693. The van der Waals surface area contributed by atoms with Crippen LogP contribution < -0.4 is 4.74 Å². The Kier molecular flexibility index (Phi) is 6.27. The standard InChI is InChI=1S/C19H31NO2/c1-19(2,3)16-8-10-18(11-9-16)22-15-17(21)14-20-12-6-4-5-7-13-20/h8-11,17,21H,4-7,12-15H2,1-3H3/t17-/m1/s1. The van der Waals surface area contributed by atoms with Crippen LogP contribution in [0, 0.1) is 0 Å². The molecule has 1 aromatic carbocycles. The molecule has 1 saturated heterocycles. The van der Waals surface area contributed by atoms with Gasteiger partial charge in [-0.25, -0.2) is 0 Å². The Morgan fingerprint density at radius 3 is 2.18 bits per heavy atom. The summed E-state index contributed by atoms with van der Waals surface area (Å²) in [5.74, 6) is 0.836. The number of ether oxygens (including phenoxy) is 1. The lowest BCUT2D eigenvalue weighted by atomic mass is 9.87. The van der Waals surface area contributed by atoms with E-state index in [1.165, 1.54) is 31.2 Å². The maximum absolute atomic E-state index is 10.2. The van der Waals surface area contributed by atoms with Crippen LogP contribution in [-0.4, -0.2) is 42.4 Å².